The molecule has 0 radical (unpaired) electrons. The van der Waals surface area contributed by atoms with E-state index in [4.69, 9.17) is 14.2 Å². The Morgan fingerprint density at radius 1 is 0.517 bits per heavy atom. The molecule has 0 heterocycles. The molecule has 0 saturated carbocycles. The van der Waals surface area contributed by atoms with Crippen molar-refractivity contribution >= 4 is 17.7 Å². The first-order valence-corrected chi connectivity index (χ1v) is 21.3. The molecule has 9 heteroatoms. The molecule has 9 nitrogen and oxygen atoms in total. The van der Waals surface area contributed by atoms with Crippen molar-refractivity contribution in [2.75, 3.05) is 6.61 Å². The van der Waals surface area contributed by atoms with Crippen LogP contribution in [-0.2, 0) is 51.8 Å². The van der Waals surface area contributed by atoms with Crippen LogP contribution in [0.4, 0.5) is 0 Å². The lowest BCUT2D eigenvalue weighted by Gasteiger charge is -2.28. The maximum atomic E-state index is 14.1. The van der Waals surface area contributed by atoms with Crippen molar-refractivity contribution in [1.29, 1.82) is 0 Å². The third-order valence-electron chi connectivity index (χ3n) is 10.2. The summed E-state index contributed by atoms with van der Waals surface area (Å²) < 4.78 is 18.1. The maximum Gasteiger partial charge on any atom is 0.243 e. The fraction of sp³-hybridized carbons (Fsp3) is 0.353. The minimum atomic E-state index is -0.888. The number of rotatable bonds is 25. The molecule has 0 bridgehead atoms. The lowest BCUT2D eigenvalue weighted by atomic mass is 9.99. The van der Waals surface area contributed by atoms with Gasteiger partial charge in [0, 0.05) is 12.8 Å². The predicted octanol–water partition coefficient (Wildman–Crippen LogP) is 8.93. The summed E-state index contributed by atoms with van der Waals surface area (Å²) in [7, 11) is 0. The van der Waals surface area contributed by atoms with E-state index >= 15 is 0 Å². The second-order valence-corrected chi connectivity index (χ2v) is 15.6. The van der Waals surface area contributed by atoms with Crippen LogP contribution in [0.1, 0.15) is 80.7 Å². The Bertz CT molecular complexity index is 1990. The molecule has 0 fully saturated rings. The van der Waals surface area contributed by atoms with Crippen LogP contribution in [0.3, 0.4) is 0 Å². The van der Waals surface area contributed by atoms with Gasteiger partial charge in [-0.3, -0.25) is 14.4 Å². The number of carbonyl (C=O) groups excluding carboxylic acids is 3. The molecular weight excluding hydrogens is 751 g/mol. The number of hydrogen-bond acceptors (Lipinski definition) is 6. The molecule has 3 amide bonds. The maximum absolute atomic E-state index is 14.1. The van der Waals surface area contributed by atoms with Gasteiger partial charge in [0.15, 0.2) is 0 Å². The van der Waals surface area contributed by atoms with E-state index in [1.54, 1.807) is 0 Å². The van der Waals surface area contributed by atoms with Gasteiger partial charge >= 0.3 is 0 Å². The predicted molar refractivity (Wildman–Crippen MR) is 237 cm³/mol. The van der Waals surface area contributed by atoms with Crippen molar-refractivity contribution in [2.24, 2.45) is 5.92 Å². The largest absolute Gasteiger partial charge is 0.489 e. The van der Waals surface area contributed by atoms with Crippen molar-refractivity contribution in [1.82, 2.24) is 16.0 Å². The van der Waals surface area contributed by atoms with Crippen molar-refractivity contribution in [3.05, 3.63) is 167 Å². The Kier molecular flexibility index (Phi) is 18.7. The first kappa shape index (κ1) is 45.2. The van der Waals surface area contributed by atoms with Gasteiger partial charge < -0.3 is 30.2 Å². The molecule has 5 aromatic carbocycles. The van der Waals surface area contributed by atoms with Crippen LogP contribution < -0.4 is 25.4 Å². The summed E-state index contributed by atoms with van der Waals surface area (Å²) >= 11 is 0. The van der Waals surface area contributed by atoms with Crippen molar-refractivity contribution in [3.8, 4) is 11.5 Å². The Morgan fingerprint density at radius 3 is 1.52 bits per heavy atom. The molecule has 316 valence electrons. The van der Waals surface area contributed by atoms with Crippen molar-refractivity contribution < 1.29 is 28.6 Å². The fourth-order valence-electron chi connectivity index (χ4n) is 6.76. The quantitative estimate of drug-likeness (QED) is 0.0508. The minimum Gasteiger partial charge on any atom is -0.489 e. The number of benzene rings is 5. The topological polar surface area (TPSA) is 115 Å². The summed E-state index contributed by atoms with van der Waals surface area (Å²) in [5.41, 5.74) is 5.03. The number of amides is 3. The van der Waals surface area contributed by atoms with E-state index in [-0.39, 0.29) is 30.8 Å². The van der Waals surface area contributed by atoms with E-state index in [1.165, 1.54) is 0 Å². The van der Waals surface area contributed by atoms with Crippen LogP contribution >= 0.6 is 0 Å². The monoisotopic (exact) mass is 811 g/mol. The van der Waals surface area contributed by atoms with Gasteiger partial charge in [-0.2, -0.15) is 0 Å². The number of carbonyl (C=O) groups is 3. The molecule has 5 aromatic rings. The van der Waals surface area contributed by atoms with Crippen LogP contribution in [0, 0.1) is 5.92 Å². The van der Waals surface area contributed by atoms with E-state index in [1.807, 2.05) is 153 Å². The first-order chi connectivity index (χ1) is 29.2. The van der Waals surface area contributed by atoms with Crippen LogP contribution in [-0.4, -0.2) is 42.5 Å². The number of hydrogen-bond donors (Lipinski definition) is 3. The summed E-state index contributed by atoms with van der Waals surface area (Å²) in [6.45, 7) is 7.48. The molecule has 0 unspecified atom stereocenters. The highest BCUT2D eigenvalue weighted by Gasteiger charge is 2.30. The van der Waals surface area contributed by atoms with E-state index in [9.17, 15) is 14.4 Å². The summed E-state index contributed by atoms with van der Waals surface area (Å²) in [6, 6.07) is 43.1. The van der Waals surface area contributed by atoms with Gasteiger partial charge in [-0.25, -0.2) is 0 Å². The van der Waals surface area contributed by atoms with E-state index in [0.717, 1.165) is 59.3 Å². The SMILES string of the molecule is CCCCCCC(=O)N[C@@H](Cc1ccc(OCc2ccccc2)cc1)C(=O)N[C@H](C(=O)N[C@H](COCc1ccccc1)Cc1ccc(OCc2ccccc2)cc1)C(C)C. The second kappa shape index (κ2) is 24.9. The van der Waals surface area contributed by atoms with Gasteiger partial charge in [-0.15, -0.1) is 0 Å². The Balaban J connectivity index is 1.25. The molecule has 3 N–H and O–H groups in total. The molecule has 60 heavy (non-hydrogen) atoms. The second-order valence-electron chi connectivity index (χ2n) is 15.6. The first-order valence-electron chi connectivity index (χ1n) is 21.3. The summed E-state index contributed by atoms with van der Waals surface area (Å²) in [4.78, 5) is 41.4. The lowest BCUT2D eigenvalue weighted by molar-refractivity contribution is -0.133. The van der Waals surface area contributed by atoms with Gasteiger partial charge in [0.05, 0.1) is 19.3 Å². The highest BCUT2D eigenvalue weighted by atomic mass is 16.5. The van der Waals surface area contributed by atoms with Crippen LogP contribution in [0.2, 0.25) is 0 Å². The number of ether oxygens (including phenoxy) is 3. The normalized spacial score (nSPS) is 12.5. The number of unbranched alkanes of at least 4 members (excludes halogenated alkanes) is 3. The molecule has 0 aromatic heterocycles. The molecular formula is C51H61N3O6. The van der Waals surface area contributed by atoms with Crippen molar-refractivity contribution in [3.63, 3.8) is 0 Å². The smallest absolute Gasteiger partial charge is 0.243 e. The molecule has 0 spiro atoms. The Morgan fingerprint density at radius 2 is 1.02 bits per heavy atom. The van der Waals surface area contributed by atoms with Crippen molar-refractivity contribution in [2.45, 2.75) is 104 Å². The summed E-state index contributed by atoms with van der Waals surface area (Å²) in [5, 5.41) is 9.18. The zero-order valence-corrected chi connectivity index (χ0v) is 35.3. The van der Waals surface area contributed by atoms with Crippen LogP contribution in [0.15, 0.2) is 140 Å². The Hall–Kier alpha value is -5.93. The molecule has 0 aliphatic heterocycles. The van der Waals surface area contributed by atoms with E-state index in [0.29, 0.717) is 38.4 Å². The van der Waals surface area contributed by atoms with Gasteiger partial charge in [-0.1, -0.05) is 155 Å². The van der Waals surface area contributed by atoms with Crippen LogP contribution in [0.5, 0.6) is 11.5 Å². The van der Waals surface area contributed by atoms with Gasteiger partial charge in [0.25, 0.3) is 0 Å². The molecule has 5 rings (SSSR count). The molecule has 0 saturated heterocycles. The highest BCUT2D eigenvalue weighted by Crippen LogP contribution is 2.18. The van der Waals surface area contributed by atoms with Gasteiger partial charge in [-0.05, 0) is 70.8 Å². The zero-order chi connectivity index (χ0) is 42.4. The lowest BCUT2D eigenvalue weighted by Crippen LogP contribution is -2.57. The highest BCUT2D eigenvalue weighted by molar-refractivity contribution is 5.92. The Labute approximate surface area is 356 Å². The minimum absolute atomic E-state index is 0.188. The third-order valence-corrected chi connectivity index (χ3v) is 10.2. The summed E-state index contributed by atoms with van der Waals surface area (Å²) in [5.74, 6) is 0.284. The van der Waals surface area contributed by atoms with Gasteiger partial charge in [0.1, 0.15) is 36.8 Å². The zero-order valence-electron chi connectivity index (χ0n) is 35.3. The van der Waals surface area contributed by atoms with E-state index in [2.05, 4.69) is 22.9 Å². The molecule has 0 aliphatic rings. The molecule has 0 aliphatic carbocycles. The average molecular weight is 812 g/mol. The van der Waals surface area contributed by atoms with E-state index < -0.39 is 24.0 Å². The fourth-order valence-corrected chi connectivity index (χ4v) is 6.76. The van der Waals surface area contributed by atoms with Gasteiger partial charge in [0.2, 0.25) is 17.7 Å². The summed E-state index contributed by atoms with van der Waals surface area (Å²) in [6.07, 6.45) is 4.88. The number of nitrogens with one attached hydrogen (secondary N) is 3. The third kappa shape index (κ3) is 16.0. The molecule has 3 atom stereocenters. The average Bonchev–Trinajstić information content (AvgIpc) is 3.27. The standard InChI is InChI=1S/C51H61N3O6/c1-4-5-6-16-23-48(55)53-47(33-40-26-30-46(31-27-40)60-36-43-21-14-9-15-22-43)50(56)54-49(38(2)3)51(57)52-44(37-58-34-41-17-10-7-11-18-41)32-39-24-28-45(29-25-39)59-35-42-19-12-8-13-20-42/h7-15,17-22,24-31,38,44,47,49H,4-6,16,23,32-37H2,1-3H3,(H,52,57)(H,53,55)(H,54,56)/t44-,47-,49-/m0/s1. The van der Waals surface area contributed by atoms with Crippen LogP contribution in [0.25, 0.3) is 0 Å².